The number of aromatic nitrogens is 2. The minimum absolute atomic E-state index is 0.0247. The Kier molecular flexibility index (Phi) is 10.8. The van der Waals surface area contributed by atoms with Gasteiger partial charge in [0.15, 0.2) is 0 Å². The molecule has 0 unspecified atom stereocenters. The Bertz CT molecular complexity index is 2140. The van der Waals surface area contributed by atoms with Crippen LogP contribution < -0.4 is 20.9 Å². The molecule has 2 aliphatic heterocycles. The summed E-state index contributed by atoms with van der Waals surface area (Å²) < 4.78 is 34.8. The van der Waals surface area contributed by atoms with Gasteiger partial charge in [0.25, 0.3) is 11.5 Å². The van der Waals surface area contributed by atoms with E-state index in [0.717, 1.165) is 24.0 Å². The van der Waals surface area contributed by atoms with E-state index in [2.05, 4.69) is 20.5 Å². The van der Waals surface area contributed by atoms with Crippen molar-refractivity contribution < 1.29 is 32.3 Å². The van der Waals surface area contributed by atoms with Crippen molar-refractivity contribution >= 4 is 56.5 Å². The molecule has 5 heterocycles. The van der Waals surface area contributed by atoms with Gasteiger partial charge in [0.05, 0.1) is 23.1 Å². The summed E-state index contributed by atoms with van der Waals surface area (Å²) in [6.07, 6.45) is 8.77. The number of sulfonamides is 1. The summed E-state index contributed by atoms with van der Waals surface area (Å²) in [6.45, 7) is 5.07. The van der Waals surface area contributed by atoms with Crippen LogP contribution in [0.3, 0.4) is 0 Å². The molecule has 7 rings (SSSR count). The summed E-state index contributed by atoms with van der Waals surface area (Å²) in [4.78, 5) is 71.7. The van der Waals surface area contributed by atoms with Crippen LogP contribution in [0.4, 0.5) is 4.79 Å². The topological polar surface area (TPSA) is 186 Å². The van der Waals surface area contributed by atoms with E-state index in [0.29, 0.717) is 36.8 Å². The van der Waals surface area contributed by atoms with Crippen molar-refractivity contribution in [1.82, 2.24) is 30.0 Å². The highest BCUT2D eigenvalue weighted by atomic mass is 32.2. The van der Waals surface area contributed by atoms with E-state index in [1.807, 2.05) is 45.8 Å². The SMILES string of the molecule is CC(C)(C)OC(=O)N[C@H]1CCCCC/C=C\[C@@H]2C[C@@]2(C(=O)NS(=O)(=O)C2CC2)NC(=O)[C@@H]2C[C@@H](n3ncc(-c4ccsc4)c(-c4ccsc4)c3=O)CN2C1=O. The van der Waals surface area contributed by atoms with E-state index >= 15 is 0 Å². The van der Waals surface area contributed by atoms with Crippen LogP contribution in [-0.2, 0) is 29.1 Å². The number of ether oxygens (including phenoxy) is 1. The molecule has 3 N–H and O–H groups in total. The van der Waals surface area contributed by atoms with Gasteiger partial charge < -0.3 is 20.3 Å². The number of rotatable bonds is 7. The second-order valence-corrected chi connectivity index (χ2v) is 19.3. The Labute approximate surface area is 327 Å². The summed E-state index contributed by atoms with van der Waals surface area (Å²) in [7, 11) is -3.92. The summed E-state index contributed by atoms with van der Waals surface area (Å²) in [5.74, 6) is -2.48. The molecule has 14 nitrogen and oxygen atoms in total. The van der Waals surface area contributed by atoms with Crippen molar-refractivity contribution in [2.75, 3.05) is 6.54 Å². The Morgan fingerprint density at radius 3 is 2.42 bits per heavy atom. The van der Waals surface area contributed by atoms with Crippen molar-refractivity contribution in [3.05, 3.63) is 62.4 Å². The molecule has 4 aliphatic rings. The maximum Gasteiger partial charge on any atom is 0.408 e. The fraction of sp³-hybridized carbons (Fsp3) is 0.526. The molecule has 2 saturated carbocycles. The summed E-state index contributed by atoms with van der Waals surface area (Å²) in [5.41, 5.74) is -0.0958. The molecule has 0 bridgehead atoms. The molecule has 3 fully saturated rings. The molecule has 17 heteroatoms. The van der Waals surface area contributed by atoms with Crippen molar-refractivity contribution in [3.63, 3.8) is 0 Å². The van der Waals surface area contributed by atoms with E-state index in [1.165, 1.54) is 32.3 Å². The number of thiophene rings is 2. The Morgan fingerprint density at radius 1 is 1.02 bits per heavy atom. The van der Waals surface area contributed by atoms with Gasteiger partial charge in [0.2, 0.25) is 21.8 Å². The lowest BCUT2D eigenvalue weighted by atomic mass is 10.0. The number of alkyl carbamates (subject to hydrolysis) is 1. The lowest BCUT2D eigenvalue weighted by Crippen LogP contribution is -2.58. The highest BCUT2D eigenvalue weighted by Crippen LogP contribution is 2.46. The van der Waals surface area contributed by atoms with E-state index in [9.17, 15) is 32.4 Å². The van der Waals surface area contributed by atoms with Crippen LogP contribution in [-0.4, -0.2) is 81.9 Å². The lowest BCUT2D eigenvalue weighted by Gasteiger charge is -2.30. The van der Waals surface area contributed by atoms with E-state index < -0.39 is 74.3 Å². The number of hydrogen-bond donors (Lipinski definition) is 3. The maximum atomic E-state index is 14.6. The summed E-state index contributed by atoms with van der Waals surface area (Å²) in [5, 5.41) is 17.2. The minimum Gasteiger partial charge on any atom is -0.444 e. The molecule has 2 aliphatic carbocycles. The van der Waals surface area contributed by atoms with Gasteiger partial charge in [-0.2, -0.15) is 27.8 Å². The van der Waals surface area contributed by atoms with Crippen LogP contribution in [0.5, 0.6) is 0 Å². The number of allylic oxidation sites excluding steroid dienone is 1. The number of carbonyl (C=O) groups excluding carboxylic acids is 4. The second-order valence-electron chi connectivity index (χ2n) is 15.8. The number of hydrogen-bond acceptors (Lipinski definition) is 11. The van der Waals surface area contributed by atoms with Crippen LogP contribution in [0.25, 0.3) is 22.3 Å². The minimum atomic E-state index is -3.92. The fourth-order valence-electron chi connectivity index (χ4n) is 7.45. The smallest absolute Gasteiger partial charge is 0.408 e. The molecule has 1 saturated heterocycles. The van der Waals surface area contributed by atoms with Gasteiger partial charge in [-0.05, 0) is 104 Å². The monoisotopic (exact) mass is 810 g/mol. The molecule has 5 atom stereocenters. The van der Waals surface area contributed by atoms with Crippen LogP contribution in [0.1, 0.15) is 84.6 Å². The molecule has 0 radical (unpaired) electrons. The van der Waals surface area contributed by atoms with Crippen LogP contribution >= 0.6 is 22.7 Å². The van der Waals surface area contributed by atoms with Crippen LogP contribution in [0.15, 0.2) is 56.8 Å². The van der Waals surface area contributed by atoms with Gasteiger partial charge >= 0.3 is 6.09 Å². The molecule has 4 amide bonds. The Hall–Kier alpha value is -4.35. The van der Waals surface area contributed by atoms with Crippen molar-refractivity contribution in [2.24, 2.45) is 5.92 Å². The van der Waals surface area contributed by atoms with Crippen molar-refractivity contribution in [2.45, 2.75) is 113 Å². The molecule has 0 spiro atoms. The third kappa shape index (κ3) is 8.43. The van der Waals surface area contributed by atoms with Gasteiger partial charge in [-0.15, -0.1) is 0 Å². The normalized spacial score (nSPS) is 26.8. The predicted molar refractivity (Wildman–Crippen MR) is 209 cm³/mol. The number of carbonyl (C=O) groups is 4. The number of fused-ring (bicyclic) bond motifs is 2. The van der Waals surface area contributed by atoms with Gasteiger partial charge in [-0.25, -0.2) is 17.9 Å². The maximum absolute atomic E-state index is 14.6. The predicted octanol–water partition coefficient (Wildman–Crippen LogP) is 4.74. The van der Waals surface area contributed by atoms with Gasteiger partial charge in [0.1, 0.15) is 23.2 Å². The zero-order chi connectivity index (χ0) is 39.1. The third-order valence-corrected chi connectivity index (χ3v) is 13.7. The molecule has 55 heavy (non-hydrogen) atoms. The average Bonchev–Trinajstić information content (AvgIpc) is 3.82. The molecule has 3 aromatic heterocycles. The van der Waals surface area contributed by atoms with Crippen LogP contribution in [0.2, 0.25) is 0 Å². The first-order valence-electron chi connectivity index (χ1n) is 18.7. The van der Waals surface area contributed by atoms with Crippen molar-refractivity contribution in [3.8, 4) is 22.3 Å². The van der Waals surface area contributed by atoms with Crippen LogP contribution in [0, 0.1) is 5.92 Å². The van der Waals surface area contributed by atoms with E-state index in [4.69, 9.17) is 4.74 Å². The standard InChI is InChI=1S/C38H46N6O8S3/c1-37(2,3)52-36(49)40-29-10-8-6-4-5-7-9-25-18-38(25,35(48)42-55(50,51)27-11-12-27)41-32(45)30-17-26(20-43(30)33(29)46)44-34(47)31(24-14-16-54-22-24)28(19-39-44)23-13-15-53-21-23/h7,9,13-16,19,21-22,25-27,29-30H,4-6,8,10-12,17-18,20H2,1-3H3,(H,40,49)(H,41,45)(H,42,48)/b9-7-/t25-,26-,29+,30+,38-/m1/s1. The van der Waals surface area contributed by atoms with Gasteiger partial charge in [-0.1, -0.05) is 25.0 Å². The Morgan fingerprint density at radius 2 is 1.75 bits per heavy atom. The first kappa shape index (κ1) is 38.9. The van der Waals surface area contributed by atoms with E-state index in [-0.39, 0.29) is 31.4 Å². The number of amides is 4. The van der Waals surface area contributed by atoms with E-state index in [1.54, 1.807) is 27.0 Å². The van der Waals surface area contributed by atoms with Crippen molar-refractivity contribution in [1.29, 1.82) is 0 Å². The summed E-state index contributed by atoms with van der Waals surface area (Å²) in [6, 6.07) is 0.786. The van der Waals surface area contributed by atoms with Gasteiger partial charge in [0, 0.05) is 24.4 Å². The zero-order valence-corrected chi connectivity index (χ0v) is 33.4. The fourth-order valence-corrected chi connectivity index (χ4v) is 10.1. The molecule has 3 aromatic rings. The first-order valence-corrected chi connectivity index (χ1v) is 22.1. The second kappa shape index (κ2) is 15.3. The molecular weight excluding hydrogens is 765 g/mol. The first-order chi connectivity index (χ1) is 26.2. The van der Waals surface area contributed by atoms with Gasteiger partial charge in [-0.3, -0.25) is 23.9 Å². The third-order valence-electron chi connectivity index (χ3n) is 10.5. The highest BCUT2D eigenvalue weighted by Gasteiger charge is 2.62. The molecule has 0 aromatic carbocycles. The summed E-state index contributed by atoms with van der Waals surface area (Å²) >= 11 is 2.95. The molecule has 294 valence electrons. The highest BCUT2D eigenvalue weighted by molar-refractivity contribution is 7.91. The number of nitrogens with one attached hydrogen (secondary N) is 3. The molecular formula is C38H46N6O8S3. The lowest BCUT2D eigenvalue weighted by molar-refractivity contribution is -0.141. The zero-order valence-electron chi connectivity index (χ0n) is 31.0. The largest absolute Gasteiger partial charge is 0.444 e. The Balaban J connectivity index is 1.25. The number of nitrogens with zero attached hydrogens (tertiary/aromatic N) is 3. The quantitative estimate of drug-likeness (QED) is 0.284. The average molecular weight is 811 g/mol.